The second-order valence-electron chi connectivity index (χ2n) is 5.50. The van der Waals surface area contributed by atoms with Crippen LogP contribution in [0.2, 0.25) is 0 Å². The molecule has 0 bridgehead atoms. The van der Waals surface area contributed by atoms with Gasteiger partial charge in [-0.25, -0.2) is 9.78 Å². The molecule has 0 fully saturated rings. The molecule has 0 aliphatic carbocycles. The van der Waals surface area contributed by atoms with Crippen LogP contribution >= 0.6 is 11.3 Å². The number of aromatic nitrogens is 2. The van der Waals surface area contributed by atoms with Crippen LogP contribution in [0, 0.1) is 13.8 Å². The SMILES string of the molecule is CCOc1ccccc1COC(=O)c1sc2nc(C)[nH]c(=O)c2c1C. The summed E-state index contributed by atoms with van der Waals surface area (Å²) in [6.07, 6.45) is 0. The van der Waals surface area contributed by atoms with E-state index in [1.807, 2.05) is 31.2 Å². The smallest absolute Gasteiger partial charge is 0.349 e. The van der Waals surface area contributed by atoms with Gasteiger partial charge in [0.25, 0.3) is 5.56 Å². The van der Waals surface area contributed by atoms with Crippen molar-refractivity contribution in [1.82, 2.24) is 9.97 Å². The molecule has 1 N–H and O–H groups in total. The van der Waals surface area contributed by atoms with Crippen molar-refractivity contribution < 1.29 is 14.3 Å². The Balaban J connectivity index is 1.85. The molecule has 0 aliphatic rings. The number of carbonyl (C=O) groups excluding carboxylic acids is 1. The summed E-state index contributed by atoms with van der Waals surface area (Å²) in [7, 11) is 0. The van der Waals surface area contributed by atoms with Crippen LogP contribution in [0.1, 0.15) is 33.5 Å². The fourth-order valence-corrected chi connectivity index (χ4v) is 3.70. The van der Waals surface area contributed by atoms with Gasteiger partial charge < -0.3 is 14.5 Å². The lowest BCUT2D eigenvalue weighted by molar-refractivity contribution is 0.0475. The Hall–Kier alpha value is -2.67. The lowest BCUT2D eigenvalue weighted by atomic mass is 10.2. The van der Waals surface area contributed by atoms with Crippen LogP contribution in [0.3, 0.4) is 0 Å². The lowest BCUT2D eigenvalue weighted by Gasteiger charge is -2.10. The molecule has 2 aromatic heterocycles. The highest BCUT2D eigenvalue weighted by atomic mass is 32.1. The first-order valence-corrected chi connectivity index (χ1v) is 8.70. The van der Waals surface area contributed by atoms with Gasteiger partial charge in [-0.05, 0) is 32.4 Å². The Bertz CT molecular complexity index is 990. The summed E-state index contributed by atoms with van der Waals surface area (Å²) in [5, 5.41) is 0.442. The van der Waals surface area contributed by atoms with Crippen molar-refractivity contribution in [3.8, 4) is 5.75 Å². The third kappa shape index (κ3) is 3.41. The Morgan fingerprint density at radius 3 is 2.80 bits per heavy atom. The molecule has 7 heteroatoms. The van der Waals surface area contributed by atoms with E-state index in [0.717, 1.165) is 5.56 Å². The number of nitrogens with one attached hydrogen (secondary N) is 1. The number of H-pyrrole nitrogens is 1. The topological polar surface area (TPSA) is 81.3 Å². The predicted molar refractivity (Wildman–Crippen MR) is 96.4 cm³/mol. The Kier molecular flexibility index (Phi) is 4.85. The number of aryl methyl sites for hydroxylation is 2. The van der Waals surface area contributed by atoms with E-state index < -0.39 is 5.97 Å². The highest BCUT2D eigenvalue weighted by Crippen LogP contribution is 2.28. The van der Waals surface area contributed by atoms with Gasteiger partial charge in [-0.1, -0.05) is 18.2 Å². The quantitative estimate of drug-likeness (QED) is 0.707. The van der Waals surface area contributed by atoms with Gasteiger partial charge in [-0.15, -0.1) is 11.3 Å². The normalized spacial score (nSPS) is 10.8. The van der Waals surface area contributed by atoms with Crippen LogP contribution in [-0.4, -0.2) is 22.5 Å². The van der Waals surface area contributed by atoms with E-state index in [1.54, 1.807) is 13.8 Å². The van der Waals surface area contributed by atoms with E-state index in [9.17, 15) is 9.59 Å². The summed E-state index contributed by atoms with van der Waals surface area (Å²) in [6.45, 7) is 5.98. The predicted octanol–water partition coefficient (Wildman–Crippen LogP) is 3.36. The van der Waals surface area contributed by atoms with Gasteiger partial charge in [0, 0.05) is 5.56 Å². The summed E-state index contributed by atoms with van der Waals surface area (Å²) < 4.78 is 11.0. The Labute approximate surface area is 148 Å². The molecule has 0 amide bonds. The second kappa shape index (κ2) is 7.06. The largest absolute Gasteiger partial charge is 0.493 e. The van der Waals surface area contributed by atoms with Crippen molar-refractivity contribution in [3.63, 3.8) is 0 Å². The fourth-order valence-electron chi connectivity index (χ4n) is 2.57. The molecule has 6 nitrogen and oxygen atoms in total. The number of para-hydroxylation sites is 1. The minimum absolute atomic E-state index is 0.103. The summed E-state index contributed by atoms with van der Waals surface area (Å²) in [5.74, 6) is 0.743. The number of esters is 1. The van der Waals surface area contributed by atoms with E-state index in [-0.39, 0.29) is 12.2 Å². The minimum Gasteiger partial charge on any atom is -0.493 e. The molecule has 0 saturated heterocycles. The zero-order chi connectivity index (χ0) is 18.0. The number of nitrogens with zero attached hydrogens (tertiary/aromatic N) is 1. The molecule has 2 heterocycles. The van der Waals surface area contributed by atoms with Crippen molar-refractivity contribution in [1.29, 1.82) is 0 Å². The molecule has 0 atom stereocenters. The van der Waals surface area contributed by atoms with Crippen LogP contribution in [0.25, 0.3) is 10.2 Å². The molecule has 0 aliphatic heterocycles. The van der Waals surface area contributed by atoms with Gasteiger partial charge in [-0.2, -0.15) is 0 Å². The molecule has 0 spiro atoms. The minimum atomic E-state index is -0.469. The number of ether oxygens (including phenoxy) is 2. The van der Waals surface area contributed by atoms with Crippen LogP contribution in [-0.2, 0) is 11.3 Å². The highest BCUT2D eigenvalue weighted by Gasteiger charge is 2.20. The molecule has 3 rings (SSSR count). The number of carbonyl (C=O) groups is 1. The van der Waals surface area contributed by atoms with Gasteiger partial charge in [0.15, 0.2) is 0 Å². The van der Waals surface area contributed by atoms with Gasteiger partial charge in [0.2, 0.25) is 0 Å². The van der Waals surface area contributed by atoms with Gasteiger partial charge in [0.05, 0.1) is 12.0 Å². The van der Waals surface area contributed by atoms with E-state index in [4.69, 9.17) is 9.47 Å². The van der Waals surface area contributed by atoms with E-state index >= 15 is 0 Å². The van der Waals surface area contributed by atoms with Crippen LogP contribution in [0.4, 0.5) is 0 Å². The zero-order valence-corrected chi connectivity index (χ0v) is 15.0. The number of fused-ring (bicyclic) bond motifs is 1. The first-order chi connectivity index (χ1) is 12.0. The Morgan fingerprint density at radius 2 is 2.04 bits per heavy atom. The maximum absolute atomic E-state index is 12.5. The monoisotopic (exact) mass is 358 g/mol. The summed E-state index contributed by atoms with van der Waals surface area (Å²) >= 11 is 1.17. The highest BCUT2D eigenvalue weighted by molar-refractivity contribution is 7.20. The average molecular weight is 358 g/mol. The molecular weight excluding hydrogens is 340 g/mol. The number of hydrogen-bond donors (Lipinski definition) is 1. The van der Waals surface area contributed by atoms with Crippen molar-refractivity contribution in [2.45, 2.75) is 27.4 Å². The fraction of sp³-hybridized carbons (Fsp3) is 0.278. The molecule has 3 aromatic rings. The van der Waals surface area contributed by atoms with E-state index in [0.29, 0.717) is 38.8 Å². The number of thiophene rings is 1. The molecule has 0 radical (unpaired) electrons. The molecular formula is C18H18N2O4S. The van der Waals surface area contributed by atoms with Crippen LogP contribution < -0.4 is 10.3 Å². The lowest BCUT2D eigenvalue weighted by Crippen LogP contribution is -2.10. The van der Waals surface area contributed by atoms with Crippen molar-refractivity contribution in [2.75, 3.05) is 6.61 Å². The number of aromatic amines is 1. The maximum Gasteiger partial charge on any atom is 0.349 e. The zero-order valence-electron chi connectivity index (χ0n) is 14.2. The molecule has 130 valence electrons. The van der Waals surface area contributed by atoms with Crippen molar-refractivity contribution in [3.05, 3.63) is 56.4 Å². The number of hydrogen-bond acceptors (Lipinski definition) is 6. The second-order valence-corrected chi connectivity index (χ2v) is 6.50. The summed E-state index contributed by atoms with van der Waals surface area (Å²) in [5.41, 5.74) is 1.15. The van der Waals surface area contributed by atoms with Crippen molar-refractivity contribution >= 4 is 27.5 Å². The van der Waals surface area contributed by atoms with Crippen molar-refractivity contribution in [2.24, 2.45) is 0 Å². The first-order valence-electron chi connectivity index (χ1n) is 7.89. The number of rotatable bonds is 5. The van der Waals surface area contributed by atoms with Gasteiger partial charge in [-0.3, -0.25) is 4.79 Å². The number of benzene rings is 1. The summed E-state index contributed by atoms with van der Waals surface area (Å²) in [4.78, 5) is 32.5. The molecule has 25 heavy (non-hydrogen) atoms. The summed E-state index contributed by atoms with van der Waals surface area (Å²) in [6, 6.07) is 7.42. The van der Waals surface area contributed by atoms with Gasteiger partial charge in [0.1, 0.15) is 27.9 Å². The third-order valence-corrected chi connectivity index (χ3v) is 4.90. The van der Waals surface area contributed by atoms with E-state index in [2.05, 4.69) is 9.97 Å². The third-order valence-electron chi connectivity index (χ3n) is 3.74. The van der Waals surface area contributed by atoms with Gasteiger partial charge >= 0.3 is 5.97 Å². The molecule has 0 unspecified atom stereocenters. The molecule has 0 saturated carbocycles. The standard InChI is InChI=1S/C18H18N2O4S/c1-4-23-13-8-6-5-7-12(13)9-24-18(22)15-10(2)14-16(21)19-11(3)20-17(14)25-15/h5-8H,4,9H2,1-3H3,(H,19,20,21). The van der Waals surface area contributed by atoms with E-state index in [1.165, 1.54) is 11.3 Å². The first kappa shape index (κ1) is 17.2. The Morgan fingerprint density at radius 1 is 1.28 bits per heavy atom. The molecule has 1 aromatic carbocycles. The average Bonchev–Trinajstić information content (AvgIpc) is 2.91. The van der Waals surface area contributed by atoms with Crippen LogP contribution in [0.5, 0.6) is 5.75 Å². The maximum atomic E-state index is 12.5. The van der Waals surface area contributed by atoms with Crippen LogP contribution in [0.15, 0.2) is 29.1 Å².